The zero-order chi connectivity index (χ0) is 11.0. The maximum absolute atomic E-state index is 9.34. The van der Waals surface area contributed by atoms with Crippen LogP contribution in [0.5, 0.6) is 0 Å². The van der Waals surface area contributed by atoms with Gasteiger partial charge in [-0.1, -0.05) is 18.2 Å². The molecule has 0 radical (unpaired) electrons. The van der Waals surface area contributed by atoms with Gasteiger partial charge in [0, 0.05) is 0 Å². The molecule has 2 N–H and O–H groups in total. The number of ether oxygens (including phenoxy) is 2. The highest BCUT2D eigenvalue weighted by Gasteiger charge is 2.44. The van der Waals surface area contributed by atoms with Crippen molar-refractivity contribution in [1.82, 2.24) is 0 Å². The Morgan fingerprint density at radius 2 is 1.67 bits per heavy atom. The second kappa shape index (κ2) is 4.06. The van der Waals surface area contributed by atoms with Crippen molar-refractivity contribution in [2.75, 3.05) is 0 Å². The Labute approximate surface area is 88.8 Å². The highest BCUT2D eigenvalue weighted by Crippen LogP contribution is 2.31. The van der Waals surface area contributed by atoms with E-state index in [0.717, 1.165) is 0 Å². The first kappa shape index (κ1) is 10.8. The Morgan fingerprint density at radius 1 is 1.13 bits per heavy atom. The zero-order valence-electron chi connectivity index (χ0n) is 8.61. The molecule has 2 rings (SSSR count). The minimum absolute atomic E-state index is 0.00396. The monoisotopic (exact) mass is 212 g/mol. The molecule has 0 unspecified atom stereocenters. The van der Waals surface area contributed by atoms with Crippen LogP contribution < -0.4 is 0 Å². The quantitative estimate of drug-likeness (QED) is 0.497. The second-order valence-corrected chi connectivity index (χ2v) is 3.98. The summed E-state index contributed by atoms with van der Waals surface area (Å²) in [5, 5.41) is 18.5. The molecule has 0 bridgehead atoms. The van der Waals surface area contributed by atoms with Crippen LogP contribution in [0.3, 0.4) is 0 Å². The third-order valence-corrected chi connectivity index (χ3v) is 2.67. The molecule has 4 heteroatoms. The van der Waals surface area contributed by atoms with Crippen molar-refractivity contribution in [3.63, 3.8) is 0 Å². The number of hydrogen-bond acceptors (Lipinski definition) is 4. The van der Waals surface area contributed by atoms with Crippen LogP contribution in [0.4, 0.5) is 0 Å². The van der Waals surface area contributed by atoms with Crippen molar-refractivity contribution < 1.29 is 19.7 Å². The van der Waals surface area contributed by atoms with Gasteiger partial charge in [-0.25, -0.2) is 0 Å². The summed E-state index contributed by atoms with van der Waals surface area (Å²) in [7, 11) is 0. The highest BCUT2D eigenvalue weighted by atomic mass is 16.6. The smallest absolute Gasteiger partial charge is 0.118 e. The van der Waals surface area contributed by atoms with Gasteiger partial charge in [-0.2, -0.15) is 0 Å². The lowest BCUT2D eigenvalue weighted by Gasteiger charge is -1.96. The molecule has 6 atom stereocenters. The molecule has 0 aromatic carbocycles. The van der Waals surface area contributed by atoms with E-state index < -0.39 is 12.2 Å². The van der Waals surface area contributed by atoms with Gasteiger partial charge in [-0.3, -0.25) is 0 Å². The van der Waals surface area contributed by atoms with Gasteiger partial charge in [0.2, 0.25) is 0 Å². The fourth-order valence-electron chi connectivity index (χ4n) is 1.60. The molecule has 2 fully saturated rings. The topological polar surface area (TPSA) is 65.5 Å². The van der Waals surface area contributed by atoms with Crippen LogP contribution in [0.2, 0.25) is 0 Å². The summed E-state index contributed by atoms with van der Waals surface area (Å²) in [5.41, 5.74) is 0. The van der Waals surface area contributed by atoms with Crippen LogP contribution in [0.1, 0.15) is 6.92 Å². The van der Waals surface area contributed by atoms with E-state index in [2.05, 4.69) is 6.58 Å². The lowest BCUT2D eigenvalue weighted by molar-refractivity contribution is 0.152. The molecular formula is C11H16O4. The standard InChI is InChI=1S/C11H16O4/c1-3-7(13)11-9(15-11)5-4-8-10(14-8)6(2)12/h3-13H,1H2,2H3/b5-4+/t6-,7+,8-,9-,10-,11-/m0/s1. The lowest BCUT2D eigenvalue weighted by atomic mass is 10.1. The molecule has 0 aromatic rings. The highest BCUT2D eigenvalue weighted by molar-refractivity contribution is 5.13. The number of rotatable bonds is 5. The zero-order valence-corrected chi connectivity index (χ0v) is 8.61. The molecule has 0 aliphatic carbocycles. The van der Waals surface area contributed by atoms with E-state index in [1.807, 2.05) is 12.2 Å². The molecule has 2 aliphatic rings. The predicted molar refractivity (Wildman–Crippen MR) is 54.3 cm³/mol. The van der Waals surface area contributed by atoms with Gasteiger partial charge in [0.15, 0.2) is 0 Å². The maximum Gasteiger partial charge on any atom is 0.118 e. The first-order chi connectivity index (χ1) is 7.13. The van der Waals surface area contributed by atoms with E-state index in [9.17, 15) is 10.2 Å². The summed E-state index contributed by atoms with van der Waals surface area (Å²) in [6.45, 7) is 5.19. The molecule has 2 saturated heterocycles. The summed E-state index contributed by atoms with van der Waals surface area (Å²) in [6.07, 6.45) is 3.87. The Morgan fingerprint density at radius 3 is 2.13 bits per heavy atom. The molecule has 0 spiro atoms. The molecule has 0 amide bonds. The summed E-state index contributed by atoms with van der Waals surface area (Å²) in [5.74, 6) is 0. The number of hydrogen-bond donors (Lipinski definition) is 2. The van der Waals surface area contributed by atoms with E-state index in [1.165, 1.54) is 6.08 Å². The minimum Gasteiger partial charge on any atom is -0.391 e. The number of aliphatic hydroxyl groups excluding tert-OH is 2. The molecule has 4 nitrogen and oxygen atoms in total. The fraction of sp³-hybridized carbons (Fsp3) is 0.636. The molecule has 84 valence electrons. The van der Waals surface area contributed by atoms with Gasteiger partial charge in [-0.05, 0) is 6.92 Å². The second-order valence-electron chi connectivity index (χ2n) is 3.98. The van der Waals surface area contributed by atoms with Gasteiger partial charge >= 0.3 is 0 Å². The van der Waals surface area contributed by atoms with E-state index in [1.54, 1.807) is 6.92 Å². The molecule has 0 aromatic heterocycles. The third-order valence-electron chi connectivity index (χ3n) is 2.67. The molecule has 2 heterocycles. The predicted octanol–water partition coefficient (Wildman–Crippen LogP) is 0.00510. The van der Waals surface area contributed by atoms with Crippen molar-refractivity contribution in [2.45, 2.75) is 43.5 Å². The SMILES string of the molecule is C=C[C@@H](O)[C@@H]1O[C@H]1/C=C/[C@@H]1O[C@H]1[C@H](C)O. The van der Waals surface area contributed by atoms with Gasteiger partial charge in [0.1, 0.15) is 30.5 Å². The van der Waals surface area contributed by atoms with Crippen LogP contribution >= 0.6 is 0 Å². The number of aliphatic hydroxyl groups is 2. The Balaban J connectivity index is 1.72. The fourth-order valence-corrected chi connectivity index (χ4v) is 1.60. The first-order valence-corrected chi connectivity index (χ1v) is 5.11. The summed E-state index contributed by atoms with van der Waals surface area (Å²) in [6, 6.07) is 0. The average molecular weight is 212 g/mol. The van der Waals surface area contributed by atoms with Gasteiger partial charge in [0.25, 0.3) is 0 Å². The van der Waals surface area contributed by atoms with Gasteiger partial charge < -0.3 is 19.7 Å². The van der Waals surface area contributed by atoms with E-state index >= 15 is 0 Å². The van der Waals surface area contributed by atoms with Crippen LogP contribution in [0.15, 0.2) is 24.8 Å². The molecule has 15 heavy (non-hydrogen) atoms. The largest absolute Gasteiger partial charge is 0.391 e. The van der Waals surface area contributed by atoms with Crippen molar-refractivity contribution in [1.29, 1.82) is 0 Å². The van der Waals surface area contributed by atoms with E-state index in [4.69, 9.17) is 9.47 Å². The van der Waals surface area contributed by atoms with Crippen LogP contribution in [-0.2, 0) is 9.47 Å². The van der Waals surface area contributed by atoms with Crippen molar-refractivity contribution in [3.8, 4) is 0 Å². The summed E-state index contributed by atoms with van der Waals surface area (Å²) in [4.78, 5) is 0. The average Bonchev–Trinajstić information content (AvgIpc) is 3.06. The lowest BCUT2D eigenvalue weighted by Crippen LogP contribution is -2.12. The van der Waals surface area contributed by atoms with Gasteiger partial charge in [-0.15, -0.1) is 6.58 Å². The molecule has 2 aliphatic heterocycles. The Bertz CT molecular complexity index is 274. The van der Waals surface area contributed by atoms with Crippen molar-refractivity contribution >= 4 is 0 Å². The van der Waals surface area contributed by atoms with Crippen LogP contribution in [0.25, 0.3) is 0 Å². The Kier molecular flexibility index (Phi) is 2.93. The summed E-state index contributed by atoms with van der Waals surface area (Å²) < 4.78 is 10.4. The normalized spacial score (nSPS) is 42.6. The van der Waals surface area contributed by atoms with E-state index in [-0.39, 0.29) is 24.4 Å². The number of epoxide rings is 2. The third kappa shape index (κ3) is 2.46. The van der Waals surface area contributed by atoms with Crippen molar-refractivity contribution in [2.24, 2.45) is 0 Å². The van der Waals surface area contributed by atoms with Crippen molar-refractivity contribution in [3.05, 3.63) is 24.8 Å². The molecule has 0 saturated carbocycles. The van der Waals surface area contributed by atoms with Crippen LogP contribution in [-0.4, -0.2) is 46.8 Å². The van der Waals surface area contributed by atoms with E-state index in [0.29, 0.717) is 0 Å². The maximum atomic E-state index is 9.34. The Hall–Kier alpha value is -0.680. The van der Waals surface area contributed by atoms with Crippen LogP contribution in [0, 0.1) is 0 Å². The first-order valence-electron chi connectivity index (χ1n) is 5.11. The summed E-state index contributed by atoms with van der Waals surface area (Å²) >= 11 is 0. The molecular weight excluding hydrogens is 196 g/mol. The minimum atomic E-state index is -0.604. The van der Waals surface area contributed by atoms with Gasteiger partial charge in [0.05, 0.1) is 6.10 Å².